The van der Waals surface area contributed by atoms with Crippen LogP contribution in [0.2, 0.25) is 0 Å². The molecule has 0 radical (unpaired) electrons. The van der Waals surface area contributed by atoms with Crippen molar-refractivity contribution in [3.63, 3.8) is 0 Å². The van der Waals surface area contributed by atoms with Crippen molar-refractivity contribution in [3.05, 3.63) is 59.7 Å². The largest absolute Gasteiger partial charge is 0.462 e. The van der Waals surface area contributed by atoms with Crippen molar-refractivity contribution >= 4 is 29.3 Å². The topological polar surface area (TPSA) is 87.7 Å². The molecule has 30 heavy (non-hydrogen) atoms. The fourth-order valence-corrected chi connectivity index (χ4v) is 3.21. The van der Waals surface area contributed by atoms with Crippen LogP contribution in [-0.2, 0) is 9.53 Å². The van der Waals surface area contributed by atoms with Crippen LogP contribution < -0.4 is 15.5 Å². The molecule has 1 atom stereocenters. The number of anilines is 2. The second-order valence-corrected chi connectivity index (χ2v) is 7.41. The first-order chi connectivity index (χ1) is 14.5. The highest BCUT2D eigenvalue weighted by atomic mass is 16.5. The van der Waals surface area contributed by atoms with Gasteiger partial charge in [0, 0.05) is 24.3 Å². The molecule has 7 heteroatoms. The maximum atomic E-state index is 12.3. The number of amides is 3. The zero-order valence-electron chi connectivity index (χ0n) is 17.3. The average molecular weight is 409 g/mol. The Morgan fingerprint density at radius 2 is 1.80 bits per heavy atom. The van der Waals surface area contributed by atoms with Gasteiger partial charge in [0.2, 0.25) is 5.91 Å². The molecule has 2 N–H and O–H groups in total. The summed E-state index contributed by atoms with van der Waals surface area (Å²) in [4.78, 5) is 38.2. The second kappa shape index (κ2) is 9.91. The molecule has 1 aliphatic rings. The number of hydrogen-bond donors (Lipinski definition) is 2. The van der Waals surface area contributed by atoms with Gasteiger partial charge in [0.1, 0.15) is 0 Å². The molecule has 3 amide bonds. The fraction of sp³-hybridized carbons (Fsp3) is 0.348. The third-order valence-corrected chi connectivity index (χ3v) is 4.92. The number of rotatable bonds is 7. The maximum absolute atomic E-state index is 12.3. The molecule has 1 aliphatic heterocycles. The van der Waals surface area contributed by atoms with E-state index < -0.39 is 6.03 Å². The molecule has 0 bridgehead atoms. The van der Waals surface area contributed by atoms with E-state index in [4.69, 9.17) is 4.74 Å². The van der Waals surface area contributed by atoms with Gasteiger partial charge in [0.05, 0.1) is 18.2 Å². The van der Waals surface area contributed by atoms with Gasteiger partial charge >= 0.3 is 12.0 Å². The highest BCUT2D eigenvalue weighted by Crippen LogP contribution is 2.22. The summed E-state index contributed by atoms with van der Waals surface area (Å²) in [6.45, 7) is 4.85. The number of ether oxygens (including phenoxy) is 1. The Morgan fingerprint density at radius 1 is 1.10 bits per heavy atom. The number of unbranched alkanes of at least 4 members (excludes halogenated alkanes) is 1. The number of urea groups is 1. The molecule has 0 aliphatic carbocycles. The van der Waals surface area contributed by atoms with E-state index in [9.17, 15) is 14.4 Å². The molecule has 0 spiro atoms. The van der Waals surface area contributed by atoms with Gasteiger partial charge < -0.3 is 20.3 Å². The van der Waals surface area contributed by atoms with E-state index in [1.807, 2.05) is 38.1 Å². The maximum Gasteiger partial charge on any atom is 0.338 e. The van der Waals surface area contributed by atoms with Crippen molar-refractivity contribution in [2.45, 2.75) is 39.2 Å². The van der Waals surface area contributed by atoms with Gasteiger partial charge in [0.25, 0.3) is 0 Å². The van der Waals surface area contributed by atoms with Crippen molar-refractivity contribution in [1.82, 2.24) is 5.32 Å². The number of carbonyl (C=O) groups excluding carboxylic acids is 3. The Labute approximate surface area is 176 Å². The van der Waals surface area contributed by atoms with E-state index in [2.05, 4.69) is 10.6 Å². The van der Waals surface area contributed by atoms with Crippen LogP contribution in [-0.4, -0.2) is 37.1 Å². The van der Waals surface area contributed by atoms with E-state index in [0.29, 0.717) is 24.4 Å². The van der Waals surface area contributed by atoms with E-state index >= 15 is 0 Å². The normalized spacial score (nSPS) is 15.7. The lowest BCUT2D eigenvalue weighted by Gasteiger charge is -2.17. The van der Waals surface area contributed by atoms with Gasteiger partial charge in [-0.3, -0.25) is 4.79 Å². The lowest BCUT2D eigenvalue weighted by Crippen LogP contribution is -2.39. The van der Waals surface area contributed by atoms with Crippen LogP contribution >= 0.6 is 0 Å². The minimum absolute atomic E-state index is 0.0184. The Bertz CT molecular complexity index is 894. The van der Waals surface area contributed by atoms with Gasteiger partial charge in [-0.25, -0.2) is 9.59 Å². The van der Waals surface area contributed by atoms with Crippen LogP contribution in [0.25, 0.3) is 0 Å². The summed E-state index contributed by atoms with van der Waals surface area (Å²) >= 11 is 0. The number of esters is 1. The van der Waals surface area contributed by atoms with Crippen LogP contribution in [0.5, 0.6) is 0 Å². The molecule has 1 heterocycles. The fourth-order valence-electron chi connectivity index (χ4n) is 3.21. The molecule has 2 aromatic carbocycles. The predicted molar refractivity (Wildman–Crippen MR) is 116 cm³/mol. The number of carbonyl (C=O) groups is 3. The summed E-state index contributed by atoms with van der Waals surface area (Å²) in [6.07, 6.45) is 2.04. The first-order valence-corrected chi connectivity index (χ1v) is 10.2. The van der Waals surface area contributed by atoms with Crippen molar-refractivity contribution in [1.29, 1.82) is 0 Å². The van der Waals surface area contributed by atoms with Crippen molar-refractivity contribution in [2.75, 3.05) is 23.4 Å². The SMILES string of the molecule is CCCCOC(=O)c1ccc(NC(=O)N[C@@H]2CC(=O)N(c3ccc(C)cc3)C2)cc1. The number of benzene rings is 2. The minimum atomic E-state index is -0.392. The van der Waals surface area contributed by atoms with Crippen molar-refractivity contribution < 1.29 is 19.1 Å². The van der Waals surface area contributed by atoms with Gasteiger partial charge in [0.15, 0.2) is 0 Å². The van der Waals surface area contributed by atoms with Gasteiger partial charge in [-0.1, -0.05) is 31.0 Å². The molecule has 158 valence electrons. The molecule has 0 saturated carbocycles. The van der Waals surface area contributed by atoms with Gasteiger partial charge in [-0.2, -0.15) is 0 Å². The van der Waals surface area contributed by atoms with Gasteiger partial charge in [-0.15, -0.1) is 0 Å². The van der Waals surface area contributed by atoms with Crippen LogP contribution in [0, 0.1) is 6.92 Å². The lowest BCUT2D eigenvalue weighted by molar-refractivity contribution is -0.117. The van der Waals surface area contributed by atoms with Crippen LogP contribution in [0.4, 0.5) is 16.2 Å². The van der Waals surface area contributed by atoms with Crippen molar-refractivity contribution in [3.8, 4) is 0 Å². The summed E-state index contributed by atoms with van der Waals surface area (Å²) in [6, 6.07) is 13.6. The Morgan fingerprint density at radius 3 is 2.47 bits per heavy atom. The predicted octanol–water partition coefficient (Wildman–Crippen LogP) is 3.88. The number of nitrogens with zero attached hydrogens (tertiary/aromatic N) is 1. The molecule has 7 nitrogen and oxygen atoms in total. The molecule has 1 saturated heterocycles. The van der Waals surface area contributed by atoms with Crippen LogP contribution in [0.1, 0.15) is 42.1 Å². The first-order valence-electron chi connectivity index (χ1n) is 10.2. The van der Waals surface area contributed by atoms with Crippen LogP contribution in [0.15, 0.2) is 48.5 Å². The molecule has 1 fully saturated rings. The Hall–Kier alpha value is -3.35. The molecule has 2 aromatic rings. The molecule has 3 rings (SSSR count). The smallest absolute Gasteiger partial charge is 0.338 e. The summed E-state index contributed by atoms with van der Waals surface area (Å²) < 4.78 is 5.17. The minimum Gasteiger partial charge on any atom is -0.462 e. The Balaban J connectivity index is 1.50. The number of hydrogen-bond acceptors (Lipinski definition) is 4. The molecular formula is C23H27N3O4. The Kier molecular flexibility index (Phi) is 7.06. The summed E-state index contributed by atoms with van der Waals surface area (Å²) in [5, 5.41) is 5.57. The molecule has 0 unspecified atom stereocenters. The van der Waals surface area contributed by atoms with E-state index in [1.54, 1.807) is 29.2 Å². The first kappa shape index (κ1) is 21.4. The molecule has 0 aromatic heterocycles. The quantitative estimate of drug-likeness (QED) is 0.537. The third kappa shape index (κ3) is 5.59. The van der Waals surface area contributed by atoms with E-state index in [-0.39, 0.29) is 24.3 Å². The second-order valence-electron chi connectivity index (χ2n) is 7.41. The third-order valence-electron chi connectivity index (χ3n) is 4.92. The zero-order chi connectivity index (χ0) is 21.5. The highest BCUT2D eigenvalue weighted by molar-refractivity contribution is 5.98. The summed E-state index contributed by atoms with van der Waals surface area (Å²) in [5.41, 5.74) is 2.95. The monoisotopic (exact) mass is 409 g/mol. The number of aryl methyl sites for hydroxylation is 1. The lowest BCUT2D eigenvalue weighted by atomic mass is 10.2. The average Bonchev–Trinajstić information content (AvgIpc) is 3.09. The number of nitrogens with one attached hydrogen (secondary N) is 2. The van der Waals surface area contributed by atoms with Crippen LogP contribution in [0.3, 0.4) is 0 Å². The van der Waals surface area contributed by atoms with E-state index in [0.717, 1.165) is 24.1 Å². The van der Waals surface area contributed by atoms with Gasteiger partial charge in [-0.05, 0) is 49.7 Å². The van der Waals surface area contributed by atoms with E-state index in [1.165, 1.54) is 0 Å². The zero-order valence-corrected chi connectivity index (χ0v) is 17.3. The highest BCUT2D eigenvalue weighted by Gasteiger charge is 2.31. The molecular weight excluding hydrogens is 382 g/mol. The summed E-state index contributed by atoms with van der Waals surface area (Å²) in [7, 11) is 0. The van der Waals surface area contributed by atoms with Crippen molar-refractivity contribution in [2.24, 2.45) is 0 Å². The standard InChI is InChI=1S/C23H27N3O4/c1-3-4-13-30-22(28)17-7-9-18(10-8-17)24-23(29)25-19-14-21(27)26(15-19)20-11-5-16(2)6-12-20/h5-12,19H,3-4,13-15H2,1-2H3,(H2,24,25,29)/t19-/m1/s1. The summed E-state index contributed by atoms with van der Waals surface area (Å²) in [5.74, 6) is -0.393.